The zero-order valence-electron chi connectivity index (χ0n) is 11.7. The van der Waals surface area contributed by atoms with Gasteiger partial charge in [0.05, 0.1) is 0 Å². The molecule has 2 heterocycles. The van der Waals surface area contributed by atoms with Crippen LogP contribution in [-0.2, 0) is 0 Å². The summed E-state index contributed by atoms with van der Waals surface area (Å²) in [4.78, 5) is 12.0. The Bertz CT molecular complexity index is 1080. The average molecular weight is 369 g/mol. The second-order valence-corrected chi connectivity index (χ2v) is 5.74. The van der Waals surface area contributed by atoms with Crippen molar-refractivity contribution in [2.75, 3.05) is 0 Å². The molecule has 0 N–H and O–H groups in total. The first kappa shape index (κ1) is 13.8. The molecule has 0 atom stereocenters. The molecule has 0 saturated carbocycles. The van der Waals surface area contributed by atoms with Gasteiger partial charge in [-0.3, -0.25) is 4.79 Å². The number of nitrogens with zero attached hydrogens (tertiary/aromatic N) is 4. The van der Waals surface area contributed by atoms with Gasteiger partial charge in [-0.05, 0) is 30.3 Å². The van der Waals surface area contributed by atoms with E-state index in [1.807, 2.05) is 48.5 Å². The molecule has 7 heteroatoms. The monoisotopic (exact) mass is 368 g/mol. The largest absolute Gasteiger partial charge is 0.437 e. The van der Waals surface area contributed by atoms with Crippen LogP contribution in [0.1, 0.15) is 0 Å². The van der Waals surface area contributed by atoms with Gasteiger partial charge in [-0.15, -0.1) is 10.2 Å². The highest BCUT2D eigenvalue weighted by molar-refractivity contribution is 9.10. The molecule has 0 aliphatic heterocycles. The fourth-order valence-electron chi connectivity index (χ4n) is 2.30. The maximum absolute atomic E-state index is 12.0. The van der Waals surface area contributed by atoms with E-state index in [-0.39, 0.29) is 5.56 Å². The van der Waals surface area contributed by atoms with Crippen LogP contribution in [0.25, 0.3) is 16.4 Å². The van der Waals surface area contributed by atoms with Crippen molar-refractivity contribution in [1.82, 2.24) is 19.8 Å². The van der Waals surface area contributed by atoms with E-state index in [0.29, 0.717) is 17.3 Å². The molecule has 4 aromatic rings. The SMILES string of the molecule is O=c1cnnc2c3ccccc3c(Oc3ccc(Br)cc3)nn12. The molecule has 23 heavy (non-hydrogen) atoms. The van der Waals surface area contributed by atoms with Gasteiger partial charge in [0.2, 0.25) is 5.88 Å². The van der Waals surface area contributed by atoms with E-state index in [9.17, 15) is 4.79 Å². The number of benzene rings is 2. The van der Waals surface area contributed by atoms with E-state index in [0.717, 1.165) is 21.4 Å². The molecule has 0 radical (unpaired) electrons. The van der Waals surface area contributed by atoms with Gasteiger partial charge in [0, 0.05) is 15.2 Å². The quantitative estimate of drug-likeness (QED) is 0.508. The zero-order valence-corrected chi connectivity index (χ0v) is 13.3. The first-order valence-corrected chi connectivity index (χ1v) is 7.58. The Balaban J connectivity index is 1.98. The van der Waals surface area contributed by atoms with Crippen LogP contribution >= 0.6 is 15.9 Å². The molecule has 0 amide bonds. The van der Waals surface area contributed by atoms with Crippen LogP contribution in [0.2, 0.25) is 0 Å². The van der Waals surface area contributed by atoms with Gasteiger partial charge >= 0.3 is 0 Å². The summed E-state index contributed by atoms with van der Waals surface area (Å²) in [5, 5.41) is 13.5. The molecule has 0 aliphatic carbocycles. The van der Waals surface area contributed by atoms with Crippen molar-refractivity contribution in [2.45, 2.75) is 0 Å². The first-order valence-electron chi connectivity index (χ1n) is 6.79. The highest BCUT2D eigenvalue weighted by Gasteiger charge is 2.12. The highest BCUT2D eigenvalue weighted by atomic mass is 79.9. The summed E-state index contributed by atoms with van der Waals surface area (Å²) < 4.78 is 8.02. The van der Waals surface area contributed by atoms with Gasteiger partial charge in [0.25, 0.3) is 5.56 Å². The summed E-state index contributed by atoms with van der Waals surface area (Å²) in [6, 6.07) is 14.8. The van der Waals surface area contributed by atoms with Gasteiger partial charge in [-0.1, -0.05) is 34.1 Å². The summed E-state index contributed by atoms with van der Waals surface area (Å²) in [5.41, 5.74) is 0.0395. The number of aromatic nitrogens is 4. The second kappa shape index (κ2) is 5.44. The molecule has 6 nitrogen and oxygen atoms in total. The summed E-state index contributed by atoms with van der Waals surface area (Å²) in [6.45, 7) is 0. The normalized spacial score (nSPS) is 11.0. The Hall–Kier alpha value is -2.80. The van der Waals surface area contributed by atoms with Crippen molar-refractivity contribution in [3.8, 4) is 11.6 Å². The lowest BCUT2D eigenvalue weighted by molar-refractivity contribution is 0.457. The predicted octanol–water partition coefficient (Wildman–Crippen LogP) is 3.19. The second-order valence-electron chi connectivity index (χ2n) is 4.82. The van der Waals surface area contributed by atoms with E-state index < -0.39 is 0 Å². The molecule has 0 unspecified atom stereocenters. The third kappa shape index (κ3) is 2.44. The lowest BCUT2D eigenvalue weighted by Gasteiger charge is -2.10. The van der Waals surface area contributed by atoms with Crippen LogP contribution in [0.3, 0.4) is 0 Å². The Morgan fingerprint density at radius 3 is 2.52 bits per heavy atom. The van der Waals surface area contributed by atoms with Gasteiger partial charge < -0.3 is 4.74 Å². The number of fused-ring (bicyclic) bond motifs is 3. The fraction of sp³-hybridized carbons (Fsp3) is 0. The smallest absolute Gasteiger partial charge is 0.293 e. The van der Waals surface area contributed by atoms with Gasteiger partial charge in [0.15, 0.2) is 5.65 Å². The Morgan fingerprint density at radius 1 is 1.00 bits per heavy atom. The summed E-state index contributed by atoms with van der Waals surface area (Å²) in [6.07, 6.45) is 1.12. The number of halogens is 1. The van der Waals surface area contributed by atoms with Gasteiger partial charge in [-0.25, -0.2) is 0 Å². The molecule has 0 saturated heterocycles. The molecule has 0 fully saturated rings. The highest BCUT2D eigenvalue weighted by Crippen LogP contribution is 2.29. The Morgan fingerprint density at radius 2 is 1.74 bits per heavy atom. The minimum absolute atomic E-state index is 0.338. The molecule has 112 valence electrons. The summed E-state index contributed by atoms with van der Waals surface area (Å²) in [7, 11) is 0. The van der Waals surface area contributed by atoms with Crippen molar-refractivity contribution in [3.05, 3.63) is 69.6 Å². The van der Waals surface area contributed by atoms with Crippen molar-refractivity contribution in [2.24, 2.45) is 0 Å². The maximum Gasteiger partial charge on any atom is 0.293 e. The third-order valence-corrected chi connectivity index (χ3v) is 3.88. The topological polar surface area (TPSA) is 69.4 Å². The molecular weight excluding hydrogens is 360 g/mol. The summed E-state index contributed by atoms with van der Waals surface area (Å²) in [5.74, 6) is 0.964. The van der Waals surface area contributed by atoms with Crippen molar-refractivity contribution in [3.63, 3.8) is 0 Å². The average Bonchev–Trinajstić information content (AvgIpc) is 2.58. The zero-order chi connectivity index (χ0) is 15.8. The molecule has 4 rings (SSSR count). The number of hydrogen-bond acceptors (Lipinski definition) is 5. The predicted molar refractivity (Wildman–Crippen MR) is 88.8 cm³/mol. The van der Waals surface area contributed by atoms with E-state index in [1.165, 1.54) is 4.52 Å². The van der Waals surface area contributed by atoms with Crippen LogP contribution in [-0.4, -0.2) is 19.8 Å². The molecule has 2 aromatic heterocycles. The van der Waals surface area contributed by atoms with Crippen LogP contribution in [0, 0.1) is 0 Å². The minimum Gasteiger partial charge on any atom is -0.437 e. The van der Waals surface area contributed by atoms with Crippen molar-refractivity contribution < 1.29 is 4.74 Å². The molecule has 0 aliphatic rings. The molecular formula is C16H9BrN4O2. The Labute approximate surface area is 138 Å². The van der Waals surface area contributed by atoms with Crippen molar-refractivity contribution in [1.29, 1.82) is 0 Å². The van der Waals surface area contributed by atoms with Crippen LogP contribution in [0.5, 0.6) is 11.6 Å². The number of hydrogen-bond donors (Lipinski definition) is 0. The minimum atomic E-state index is -0.360. The maximum atomic E-state index is 12.0. The van der Waals surface area contributed by atoms with E-state index in [1.54, 1.807) is 0 Å². The van der Waals surface area contributed by atoms with E-state index in [2.05, 4.69) is 31.2 Å². The lowest BCUT2D eigenvalue weighted by atomic mass is 10.2. The lowest BCUT2D eigenvalue weighted by Crippen LogP contribution is -2.18. The standard InChI is InChI=1S/C16H9BrN4O2/c17-10-5-7-11(8-6-10)23-16-13-4-2-1-3-12(13)15-19-18-9-14(22)21(15)20-16/h1-9H. The van der Waals surface area contributed by atoms with Gasteiger partial charge in [0.1, 0.15) is 11.9 Å². The van der Waals surface area contributed by atoms with Crippen LogP contribution in [0.4, 0.5) is 0 Å². The third-order valence-electron chi connectivity index (χ3n) is 3.35. The molecule has 0 spiro atoms. The number of rotatable bonds is 2. The molecule has 2 aromatic carbocycles. The van der Waals surface area contributed by atoms with Crippen LogP contribution < -0.4 is 10.3 Å². The van der Waals surface area contributed by atoms with Crippen LogP contribution in [0.15, 0.2) is 64.0 Å². The summed E-state index contributed by atoms with van der Waals surface area (Å²) >= 11 is 3.38. The number of ether oxygens (including phenoxy) is 1. The van der Waals surface area contributed by atoms with E-state index >= 15 is 0 Å². The fourth-order valence-corrected chi connectivity index (χ4v) is 2.56. The van der Waals surface area contributed by atoms with Gasteiger partial charge in [-0.2, -0.15) is 9.61 Å². The first-order chi connectivity index (χ1) is 11.2. The van der Waals surface area contributed by atoms with Crippen molar-refractivity contribution >= 4 is 32.3 Å². The Kier molecular flexibility index (Phi) is 3.27. The molecule has 0 bridgehead atoms. The van der Waals surface area contributed by atoms with E-state index in [4.69, 9.17) is 4.74 Å².